The van der Waals surface area contributed by atoms with Gasteiger partial charge in [-0.2, -0.15) is 0 Å². The highest BCUT2D eigenvalue weighted by molar-refractivity contribution is 6.03. The molecule has 0 fully saturated rings. The zero-order valence-electron chi connectivity index (χ0n) is 20.8. The van der Waals surface area contributed by atoms with E-state index in [0.717, 1.165) is 5.56 Å². The number of nitrogens with one attached hydrogen (secondary N) is 2. The van der Waals surface area contributed by atoms with Crippen LogP contribution in [0.1, 0.15) is 39.2 Å². The predicted octanol–water partition coefficient (Wildman–Crippen LogP) is 3.81. The Morgan fingerprint density at radius 3 is 2.26 bits per heavy atom. The summed E-state index contributed by atoms with van der Waals surface area (Å²) >= 11 is 0. The van der Waals surface area contributed by atoms with E-state index in [4.69, 9.17) is 9.47 Å². The van der Waals surface area contributed by atoms with Crippen molar-refractivity contribution >= 4 is 35.3 Å². The van der Waals surface area contributed by atoms with Gasteiger partial charge in [0.25, 0.3) is 0 Å². The van der Waals surface area contributed by atoms with Gasteiger partial charge in [-0.1, -0.05) is 30.3 Å². The number of carbonyl (C=O) groups is 4. The average molecular weight is 484 g/mol. The molecule has 0 saturated carbocycles. The molecule has 188 valence electrons. The predicted molar refractivity (Wildman–Crippen MR) is 133 cm³/mol. The van der Waals surface area contributed by atoms with Crippen LogP contribution in [0.2, 0.25) is 0 Å². The van der Waals surface area contributed by atoms with Crippen LogP contribution in [0.25, 0.3) is 0 Å². The number of ether oxygens (including phenoxy) is 2. The molecular weight excluding hydrogens is 450 g/mol. The zero-order valence-corrected chi connectivity index (χ0v) is 20.8. The summed E-state index contributed by atoms with van der Waals surface area (Å²) in [5, 5.41) is 5.33. The number of urea groups is 1. The van der Waals surface area contributed by atoms with Crippen LogP contribution >= 0.6 is 0 Å². The zero-order chi connectivity index (χ0) is 26.0. The van der Waals surface area contributed by atoms with E-state index in [2.05, 4.69) is 10.6 Å². The number of para-hydroxylation sites is 1. The first-order chi connectivity index (χ1) is 16.5. The van der Waals surface area contributed by atoms with Crippen molar-refractivity contribution in [1.82, 2.24) is 5.32 Å². The molecule has 0 aliphatic heterocycles. The van der Waals surface area contributed by atoms with Crippen molar-refractivity contribution in [2.45, 2.75) is 52.2 Å². The Bertz CT molecular complexity index is 1030. The van der Waals surface area contributed by atoms with E-state index in [0.29, 0.717) is 11.4 Å². The summed E-state index contributed by atoms with van der Waals surface area (Å²) in [5.41, 5.74) is 1.22. The van der Waals surface area contributed by atoms with Gasteiger partial charge in [0.05, 0.1) is 7.11 Å². The molecule has 2 aromatic rings. The van der Waals surface area contributed by atoms with Crippen LogP contribution in [0.4, 0.5) is 16.2 Å². The van der Waals surface area contributed by atoms with E-state index in [9.17, 15) is 19.2 Å². The first kappa shape index (κ1) is 27.4. The molecule has 2 aromatic carbocycles. The van der Waals surface area contributed by atoms with Gasteiger partial charge in [0.1, 0.15) is 18.2 Å². The second kappa shape index (κ2) is 12.5. The van der Waals surface area contributed by atoms with Crippen LogP contribution in [0.5, 0.6) is 0 Å². The van der Waals surface area contributed by atoms with E-state index < -0.39 is 35.5 Å². The van der Waals surface area contributed by atoms with Crippen LogP contribution in [0.3, 0.4) is 0 Å². The van der Waals surface area contributed by atoms with Crippen LogP contribution in [0, 0.1) is 6.92 Å². The number of aryl methyl sites for hydroxylation is 1. The van der Waals surface area contributed by atoms with Crippen LogP contribution < -0.4 is 15.5 Å². The molecule has 0 spiro atoms. The van der Waals surface area contributed by atoms with E-state index in [1.54, 1.807) is 69.3 Å². The lowest BCUT2D eigenvalue weighted by Crippen LogP contribution is -2.51. The van der Waals surface area contributed by atoms with Gasteiger partial charge in [-0.15, -0.1) is 0 Å². The van der Waals surface area contributed by atoms with E-state index in [-0.39, 0.29) is 19.4 Å². The standard InChI is InChI=1S/C26H33N3O6/c1-18-10-9-11-19(16-18)27-25(33)28-21(14-15-22(30)34-5)24(32)29(20-12-7-6-8-13-20)17-23(31)35-26(2,3)4/h6-13,16,21H,14-15,17H2,1-5H3,(H2,27,28,33). The Hall–Kier alpha value is -3.88. The lowest BCUT2D eigenvalue weighted by atomic mass is 10.1. The van der Waals surface area contributed by atoms with Gasteiger partial charge >= 0.3 is 18.0 Å². The van der Waals surface area contributed by atoms with Gasteiger partial charge in [-0.05, 0) is 63.9 Å². The Morgan fingerprint density at radius 2 is 1.66 bits per heavy atom. The number of nitrogens with zero attached hydrogens (tertiary/aromatic N) is 1. The van der Waals surface area contributed by atoms with Gasteiger partial charge in [0.2, 0.25) is 5.91 Å². The fraction of sp³-hybridized carbons (Fsp3) is 0.385. The number of esters is 2. The Kier molecular flexibility index (Phi) is 9.81. The lowest BCUT2D eigenvalue weighted by molar-refractivity contribution is -0.153. The van der Waals surface area contributed by atoms with Gasteiger partial charge < -0.3 is 20.1 Å². The van der Waals surface area contributed by atoms with Gasteiger partial charge in [0, 0.05) is 17.8 Å². The van der Waals surface area contributed by atoms with Crippen LogP contribution in [0.15, 0.2) is 54.6 Å². The maximum Gasteiger partial charge on any atom is 0.326 e. The molecule has 2 N–H and O–H groups in total. The minimum absolute atomic E-state index is 0.0234. The summed E-state index contributed by atoms with van der Waals surface area (Å²) in [6, 6.07) is 14.0. The second-order valence-corrected chi connectivity index (χ2v) is 8.98. The molecule has 0 aromatic heterocycles. The number of anilines is 2. The quantitative estimate of drug-likeness (QED) is 0.524. The topological polar surface area (TPSA) is 114 Å². The van der Waals surface area contributed by atoms with Gasteiger partial charge in [0.15, 0.2) is 0 Å². The molecule has 0 bridgehead atoms. The molecule has 9 heteroatoms. The number of hydrogen-bond acceptors (Lipinski definition) is 6. The largest absolute Gasteiger partial charge is 0.469 e. The minimum Gasteiger partial charge on any atom is -0.469 e. The minimum atomic E-state index is -1.11. The van der Waals surface area contributed by atoms with E-state index in [1.165, 1.54) is 12.0 Å². The molecule has 0 radical (unpaired) electrons. The van der Waals surface area contributed by atoms with Crippen molar-refractivity contribution in [2.24, 2.45) is 0 Å². The molecule has 0 aliphatic rings. The number of hydrogen-bond donors (Lipinski definition) is 2. The van der Waals surface area contributed by atoms with Crippen molar-refractivity contribution in [1.29, 1.82) is 0 Å². The fourth-order valence-corrected chi connectivity index (χ4v) is 3.27. The lowest BCUT2D eigenvalue weighted by Gasteiger charge is -2.29. The van der Waals surface area contributed by atoms with Crippen molar-refractivity contribution in [3.63, 3.8) is 0 Å². The molecular formula is C26H33N3O6. The number of amides is 3. The van der Waals surface area contributed by atoms with Gasteiger partial charge in [-0.3, -0.25) is 19.3 Å². The van der Waals surface area contributed by atoms with Crippen LogP contribution in [-0.2, 0) is 23.9 Å². The summed E-state index contributed by atoms with van der Waals surface area (Å²) in [5.74, 6) is -1.70. The summed E-state index contributed by atoms with van der Waals surface area (Å²) < 4.78 is 10.1. The van der Waals surface area contributed by atoms with Crippen molar-refractivity contribution in [3.05, 3.63) is 60.2 Å². The van der Waals surface area contributed by atoms with E-state index in [1.807, 2.05) is 13.0 Å². The Balaban J connectivity index is 2.28. The highest BCUT2D eigenvalue weighted by Crippen LogP contribution is 2.18. The molecule has 0 saturated heterocycles. The molecule has 2 rings (SSSR count). The fourth-order valence-electron chi connectivity index (χ4n) is 3.27. The monoisotopic (exact) mass is 483 g/mol. The molecule has 3 amide bonds. The molecule has 9 nitrogen and oxygen atoms in total. The molecule has 35 heavy (non-hydrogen) atoms. The molecule has 1 unspecified atom stereocenters. The molecule has 1 atom stereocenters. The highest BCUT2D eigenvalue weighted by atomic mass is 16.6. The summed E-state index contributed by atoms with van der Waals surface area (Å²) in [6.07, 6.45) is -0.128. The third-order valence-corrected chi connectivity index (χ3v) is 4.79. The van der Waals surface area contributed by atoms with E-state index >= 15 is 0 Å². The smallest absolute Gasteiger partial charge is 0.326 e. The first-order valence-corrected chi connectivity index (χ1v) is 11.3. The maximum atomic E-state index is 13.6. The van der Waals surface area contributed by atoms with Crippen molar-refractivity contribution < 1.29 is 28.7 Å². The van der Waals surface area contributed by atoms with Crippen molar-refractivity contribution in [2.75, 3.05) is 23.9 Å². The summed E-state index contributed by atoms with van der Waals surface area (Å²) in [7, 11) is 1.25. The summed E-state index contributed by atoms with van der Waals surface area (Å²) in [6.45, 7) is 6.72. The summed E-state index contributed by atoms with van der Waals surface area (Å²) in [4.78, 5) is 51.9. The Labute approximate surface area is 205 Å². The number of carbonyl (C=O) groups excluding carboxylic acids is 4. The SMILES string of the molecule is COC(=O)CCC(NC(=O)Nc1cccc(C)c1)C(=O)N(CC(=O)OC(C)(C)C)c1ccccc1. The van der Waals surface area contributed by atoms with Gasteiger partial charge in [-0.25, -0.2) is 4.79 Å². The number of methoxy groups -OCH3 is 1. The third-order valence-electron chi connectivity index (χ3n) is 4.79. The third kappa shape index (κ3) is 9.48. The van der Waals surface area contributed by atoms with Crippen molar-refractivity contribution in [3.8, 4) is 0 Å². The number of rotatable bonds is 9. The maximum absolute atomic E-state index is 13.6. The first-order valence-electron chi connectivity index (χ1n) is 11.3. The number of benzene rings is 2. The normalized spacial score (nSPS) is 11.7. The average Bonchev–Trinajstić information content (AvgIpc) is 2.79. The highest BCUT2D eigenvalue weighted by Gasteiger charge is 2.30. The van der Waals surface area contributed by atoms with Crippen LogP contribution in [-0.4, -0.2) is 49.2 Å². The second-order valence-electron chi connectivity index (χ2n) is 8.98. The molecule has 0 aliphatic carbocycles. The Morgan fingerprint density at radius 1 is 0.971 bits per heavy atom. The molecule has 0 heterocycles.